The van der Waals surface area contributed by atoms with Gasteiger partial charge in [0.15, 0.2) is 5.84 Å². The minimum Gasteiger partial charge on any atom is -0.456 e. The van der Waals surface area contributed by atoms with E-state index in [9.17, 15) is 0 Å². The highest BCUT2D eigenvalue weighted by Crippen LogP contribution is 2.43. The van der Waals surface area contributed by atoms with Crippen molar-refractivity contribution in [1.29, 1.82) is 0 Å². The quantitative estimate of drug-likeness (QED) is 0.175. The fourth-order valence-corrected chi connectivity index (χ4v) is 13.0. The van der Waals surface area contributed by atoms with Gasteiger partial charge in [-0.3, -0.25) is 0 Å². The van der Waals surface area contributed by atoms with Gasteiger partial charge in [-0.2, -0.15) is 0 Å². The molecule has 0 spiro atoms. The number of rotatable bonds is 5. The first-order valence-electron chi connectivity index (χ1n) is 26.7. The van der Waals surface area contributed by atoms with Crippen LogP contribution < -0.4 is 5.32 Å². The number of amidine groups is 2. The standard InChI is InChI=1S/C73H44N4O/c1-2-16-44-41-68-65(37-43(44)15-1)59-25-11-13-27-66(59)77(68)67-36-32-48(38-62(67)45-29-35-61-60-26-12-14-28-69(60)78-70(61)42-45)73-75-71(46-30-33-57-53-21-5-3-17-49(53)51-19-7-9-23-55(51)63(57)39-46)74-72(76-73)47-31-34-58-54-22-6-4-18-50(54)52-20-8-10-24-56(52)64(58)40-47/h1-42,71H,(H,74,75,76). The van der Waals surface area contributed by atoms with Crippen molar-refractivity contribution in [2.75, 3.05) is 0 Å². The van der Waals surface area contributed by atoms with E-state index in [0.29, 0.717) is 5.84 Å². The number of fused-ring (bicyclic) bond motifs is 19. The van der Waals surface area contributed by atoms with E-state index in [-0.39, 0.29) is 0 Å². The second-order valence-corrected chi connectivity index (χ2v) is 20.8. The lowest BCUT2D eigenvalue weighted by atomic mass is 9.92. The van der Waals surface area contributed by atoms with Crippen molar-refractivity contribution < 1.29 is 4.42 Å². The summed E-state index contributed by atoms with van der Waals surface area (Å²) < 4.78 is 9.05. The van der Waals surface area contributed by atoms with Crippen LogP contribution in [0.3, 0.4) is 0 Å². The molecule has 5 nitrogen and oxygen atoms in total. The predicted octanol–water partition coefficient (Wildman–Crippen LogP) is 18.9. The molecule has 0 saturated carbocycles. The molecule has 0 fully saturated rings. The first kappa shape index (κ1) is 42.9. The van der Waals surface area contributed by atoms with E-state index in [4.69, 9.17) is 14.4 Å². The number of benzene rings is 14. The van der Waals surface area contributed by atoms with Crippen molar-refractivity contribution in [3.8, 4) is 16.8 Å². The Kier molecular flexibility index (Phi) is 9.12. The summed E-state index contributed by atoms with van der Waals surface area (Å²) >= 11 is 0. The van der Waals surface area contributed by atoms with Gasteiger partial charge < -0.3 is 14.3 Å². The zero-order valence-electron chi connectivity index (χ0n) is 42.1. The van der Waals surface area contributed by atoms with Crippen LogP contribution >= 0.6 is 0 Å². The Labute approximate surface area is 447 Å². The van der Waals surface area contributed by atoms with Crippen LogP contribution in [-0.4, -0.2) is 16.2 Å². The highest BCUT2D eigenvalue weighted by Gasteiger charge is 2.25. The van der Waals surface area contributed by atoms with Gasteiger partial charge in [0.1, 0.15) is 23.2 Å². The fraction of sp³-hybridized carbons (Fsp3) is 0.0137. The summed E-state index contributed by atoms with van der Waals surface area (Å²) in [6, 6.07) is 92.5. The SMILES string of the molecule is c1ccc2cc3c(cc2c1)c1ccccc1n3-c1ccc(C2=NC(c3ccc4c5ccccc5c5ccccc5c4c3)NC(c3ccc4c5ccccc5c5ccccc5c4c3)=N2)cc1-c1ccc2c(c1)oc1ccccc12. The van der Waals surface area contributed by atoms with Crippen LogP contribution in [0.25, 0.3) is 136 Å². The smallest absolute Gasteiger partial charge is 0.159 e. The first-order valence-corrected chi connectivity index (χ1v) is 26.7. The maximum absolute atomic E-state index is 6.61. The molecule has 14 aromatic carbocycles. The van der Waals surface area contributed by atoms with Gasteiger partial charge in [0.05, 0.1) is 16.7 Å². The molecular weight excluding hydrogens is 949 g/mol. The molecule has 3 heterocycles. The molecule has 1 N–H and O–H groups in total. The highest BCUT2D eigenvalue weighted by atomic mass is 16.3. The number of nitrogens with zero attached hydrogens (tertiary/aromatic N) is 3. The van der Waals surface area contributed by atoms with E-state index in [0.717, 1.165) is 72.3 Å². The topological polar surface area (TPSA) is 54.8 Å². The molecule has 362 valence electrons. The van der Waals surface area contributed by atoms with Crippen molar-refractivity contribution in [2.45, 2.75) is 6.17 Å². The normalized spacial score (nSPS) is 14.0. The van der Waals surface area contributed by atoms with Gasteiger partial charge in [-0.05, 0) is 153 Å². The summed E-state index contributed by atoms with van der Waals surface area (Å²) in [5.74, 6) is 1.41. The first-order chi connectivity index (χ1) is 38.6. The second kappa shape index (κ2) is 16.6. The van der Waals surface area contributed by atoms with Gasteiger partial charge in [-0.1, -0.05) is 188 Å². The molecule has 17 rings (SSSR count). The molecule has 16 aromatic rings. The monoisotopic (exact) mass is 992 g/mol. The maximum atomic E-state index is 6.61. The van der Waals surface area contributed by atoms with Crippen LogP contribution in [0.1, 0.15) is 22.9 Å². The summed E-state index contributed by atoms with van der Waals surface area (Å²) in [5, 5.41) is 25.6. The van der Waals surface area contributed by atoms with Gasteiger partial charge >= 0.3 is 0 Å². The van der Waals surface area contributed by atoms with Crippen LogP contribution in [-0.2, 0) is 0 Å². The van der Waals surface area contributed by atoms with Gasteiger partial charge in [-0.25, -0.2) is 9.98 Å². The molecule has 5 heteroatoms. The van der Waals surface area contributed by atoms with Crippen molar-refractivity contribution in [2.24, 2.45) is 9.98 Å². The molecule has 0 saturated heterocycles. The van der Waals surface area contributed by atoms with E-state index in [1.54, 1.807) is 0 Å². The number of hydrogen-bond donors (Lipinski definition) is 1. The number of hydrogen-bond acceptors (Lipinski definition) is 4. The summed E-state index contributed by atoms with van der Waals surface area (Å²) in [5.41, 5.74) is 10.0. The zero-order valence-corrected chi connectivity index (χ0v) is 42.1. The van der Waals surface area contributed by atoms with Crippen LogP contribution in [0.2, 0.25) is 0 Å². The van der Waals surface area contributed by atoms with Crippen LogP contribution in [0.15, 0.2) is 269 Å². The highest BCUT2D eigenvalue weighted by molar-refractivity contribution is 6.28. The lowest BCUT2D eigenvalue weighted by Crippen LogP contribution is -2.33. The molecule has 0 bridgehead atoms. The number of para-hydroxylation sites is 2. The van der Waals surface area contributed by atoms with E-state index in [1.807, 2.05) is 12.1 Å². The average Bonchev–Trinajstić information content (AvgIpc) is 4.20. The number of aliphatic imine (C=N–C) groups is 2. The summed E-state index contributed by atoms with van der Waals surface area (Å²) in [6.45, 7) is 0. The lowest BCUT2D eigenvalue weighted by Gasteiger charge is -2.25. The molecule has 1 atom stereocenters. The Morgan fingerprint density at radius 2 is 0.833 bits per heavy atom. The van der Waals surface area contributed by atoms with Crippen molar-refractivity contribution in [1.82, 2.24) is 9.88 Å². The number of aromatic nitrogens is 1. The predicted molar refractivity (Wildman–Crippen MR) is 328 cm³/mol. The summed E-state index contributed by atoms with van der Waals surface area (Å²) in [4.78, 5) is 11.2. The van der Waals surface area contributed by atoms with Gasteiger partial charge in [-0.15, -0.1) is 0 Å². The van der Waals surface area contributed by atoms with Crippen LogP contribution in [0, 0.1) is 0 Å². The van der Waals surface area contributed by atoms with Gasteiger partial charge in [0, 0.05) is 38.2 Å². The number of furan rings is 1. The lowest BCUT2D eigenvalue weighted by molar-refractivity contribution is 0.669. The minimum atomic E-state index is -0.466. The Hall–Kier alpha value is -10.4. The van der Waals surface area contributed by atoms with Gasteiger partial charge in [0.25, 0.3) is 0 Å². The molecule has 2 aromatic heterocycles. The van der Waals surface area contributed by atoms with Crippen molar-refractivity contribution in [3.05, 3.63) is 271 Å². The molecule has 0 radical (unpaired) electrons. The van der Waals surface area contributed by atoms with E-state index >= 15 is 0 Å². The minimum absolute atomic E-state index is 0.466. The number of nitrogens with one attached hydrogen (secondary N) is 1. The zero-order chi connectivity index (χ0) is 51.0. The second-order valence-electron chi connectivity index (χ2n) is 20.8. The van der Waals surface area contributed by atoms with Crippen LogP contribution in [0.4, 0.5) is 0 Å². The Morgan fingerprint density at radius 1 is 0.333 bits per heavy atom. The third-order valence-corrected chi connectivity index (χ3v) is 16.6. The van der Waals surface area contributed by atoms with E-state index < -0.39 is 6.17 Å². The van der Waals surface area contributed by atoms with Gasteiger partial charge in [0.2, 0.25) is 0 Å². The third kappa shape index (κ3) is 6.42. The Balaban J connectivity index is 0.911. The summed E-state index contributed by atoms with van der Waals surface area (Å²) in [7, 11) is 0. The van der Waals surface area contributed by atoms with Crippen molar-refractivity contribution >= 4 is 131 Å². The molecule has 1 aliphatic rings. The third-order valence-electron chi connectivity index (χ3n) is 16.6. The molecular formula is C73H44N4O. The molecule has 0 aliphatic carbocycles. The molecule has 0 amide bonds. The fourth-order valence-electron chi connectivity index (χ4n) is 13.0. The summed E-state index contributed by atoms with van der Waals surface area (Å²) in [6.07, 6.45) is -0.466. The molecule has 78 heavy (non-hydrogen) atoms. The molecule has 1 unspecified atom stereocenters. The average molecular weight is 993 g/mol. The van der Waals surface area contributed by atoms with Crippen LogP contribution in [0.5, 0.6) is 0 Å². The molecule has 1 aliphatic heterocycles. The maximum Gasteiger partial charge on any atom is 0.159 e. The van der Waals surface area contributed by atoms with E-state index in [1.165, 1.54) is 86.2 Å². The van der Waals surface area contributed by atoms with E-state index in [2.05, 4.69) is 253 Å². The Morgan fingerprint density at radius 3 is 1.51 bits per heavy atom. The largest absolute Gasteiger partial charge is 0.456 e. The Bertz CT molecular complexity index is 5260. The van der Waals surface area contributed by atoms with Crippen molar-refractivity contribution in [3.63, 3.8) is 0 Å².